The molecule has 0 radical (unpaired) electrons. The third kappa shape index (κ3) is 6.06. The first kappa shape index (κ1) is 17.9. The Morgan fingerprint density at radius 3 is 2.45 bits per heavy atom. The normalized spacial score (nSPS) is 11.1. The fourth-order valence-electron chi connectivity index (χ4n) is 1.82. The fraction of sp³-hybridized carbons (Fsp3) is 0.417. The van der Waals surface area contributed by atoms with Gasteiger partial charge in [0.2, 0.25) is 0 Å². The van der Waals surface area contributed by atoms with Gasteiger partial charge in [0.15, 0.2) is 0 Å². The van der Waals surface area contributed by atoms with E-state index < -0.39 is 21.8 Å². The van der Waals surface area contributed by atoms with E-state index in [1.54, 1.807) is 0 Å². The maximum absolute atomic E-state index is 10.7. The molecule has 0 fully saturated rings. The van der Waals surface area contributed by atoms with Gasteiger partial charge >= 0.3 is 5.97 Å². The van der Waals surface area contributed by atoms with Crippen LogP contribution in [0.1, 0.15) is 12.8 Å². The van der Waals surface area contributed by atoms with E-state index in [2.05, 4.69) is 5.18 Å². The molecule has 0 unspecified atom stereocenters. The zero-order valence-corrected chi connectivity index (χ0v) is 12.4. The van der Waals surface area contributed by atoms with Crippen molar-refractivity contribution in [3.05, 3.63) is 23.1 Å². The van der Waals surface area contributed by atoms with Crippen molar-refractivity contribution < 1.29 is 28.0 Å². The first-order valence-corrected chi connectivity index (χ1v) is 7.92. The number of nitrogens with zero attached hydrogens (tertiary/aromatic N) is 2. The van der Waals surface area contributed by atoms with Crippen LogP contribution >= 0.6 is 0 Å². The summed E-state index contributed by atoms with van der Waals surface area (Å²) in [4.78, 5) is 22.6. The van der Waals surface area contributed by atoms with Crippen molar-refractivity contribution in [1.82, 2.24) is 0 Å². The Kier molecular flexibility index (Phi) is 6.25. The zero-order valence-electron chi connectivity index (χ0n) is 11.5. The van der Waals surface area contributed by atoms with Gasteiger partial charge < -0.3 is 15.1 Å². The van der Waals surface area contributed by atoms with Crippen LogP contribution in [0.3, 0.4) is 0 Å². The van der Waals surface area contributed by atoms with Crippen LogP contribution in [0.5, 0.6) is 5.75 Å². The standard InChI is InChI=1S/C12H16N2O7S/c15-11-8-9(2-3-10(11)13-18)14(6-4-12(16)17)5-1-7-22(19,20)21/h2-3,8,15H,1,4-7H2,(H,16,17)(H,19,20,21). The van der Waals surface area contributed by atoms with Gasteiger partial charge in [0.05, 0.1) is 12.2 Å². The van der Waals surface area contributed by atoms with E-state index in [9.17, 15) is 23.2 Å². The van der Waals surface area contributed by atoms with Gasteiger partial charge in [-0.15, -0.1) is 4.91 Å². The number of hydrogen-bond acceptors (Lipinski definition) is 7. The highest BCUT2D eigenvalue weighted by molar-refractivity contribution is 7.85. The molecule has 3 N–H and O–H groups in total. The maximum Gasteiger partial charge on any atom is 0.305 e. The van der Waals surface area contributed by atoms with Gasteiger partial charge in [-0.25, -0.2) is 0 Å². The molecule has 0 bridgehead atoms. The Morgan fingerprint density at radius 1 is 1.27 bits per heavy atom. The van der Waals surface area contributed by atoms with Gasteiger partial charge in [-0.05, 0) is 23.7 Å². The molecule has 0 aliphatic carbocycles. The molecule has 0 heterocycles. The summed E-state index contributed by atoms with van der Waals surface area (Å²) in [5, 5.41) is 20.9. The number of benzene rings is 1. The molecule has 0 saturated carbocycles. The first-order chi connectivity index (χ1) is 10.2. The van der Waals surface area contributed by atoms with Crippen LogP contribution in [0.15, 0.2) is 23.4 Å². The monoisotopic (exact) mass is 332 g/mol. The van der Waals surface area contributed by atoms with Crippen LogP contribution in [0.25, 0.3) is 0 Å². The van der Waals surface area contributed by atoms with Gasteiger partial charge in [0.25, 0.3) is 10.1 Å². The summed E-state index contributed by atoms with van der Waals surface area (Å²) in [7, 11) is -4.10. The summed E-state index contributed by atoms with van der Waals surface area (Å²) in [6.07, 6.45) is -0.118. The number of phenolic OH excluding ortho intramolecular Hbond substituents is 1. The number of carboxylic acids is 1. The average Bonchev–Trinajstić information content (AvgIpc) is 2.41. The largest absolute Gasteiger partial charge is 0.505 e. The summed E-state index contributed by atoms with van der Waals surface area (Å²) in [5.74, 6) is -1.85. The fourth-order valence-corrected chi connectivity index (χ4v) is 2.32. The average molecular weight is 332 g/mol. The molecule has 0 spiro atoms. The maximum atomic E-state index is 10.7. The number of phenols is 1. The number of hydrogen-bond donors (Lipinski definition) is 3. The first-order valence-electron chi connectivity index (χ1n) is 6.31. The molecule has 0 aliphatic rings. The Balaban J connectivity index is 2.86. The number of aliphatic carboxylic acids is 1. The predicted molar refractivity (Wildman–Crippen MR) is 79.1 cm³/mol. The molecule has 22 heavy (non-hydrogen) atoms. The molecule has 9 nitrogen and oxygen atoms in total. The lowest BCUT2D eigenvalue weighted by atomic mass is 10.2. The highest BCUT2D eigenvalue weighted by atomic mass is 32.2. The Hall–Kier alpha value is -2.20. The van der Waals surface area contributed by atoms with E-state index in [0.717, 1.165) is 0 Å². The number of carboxylic acid groups (broad SMARTS) is 1. The van der Waals surface area contributed by atoms with Gasteiger partial charge in [-0.1, -0.05) is 0 Å². The van der Waals surface area contributed by atoms with E-state index >= 15 is 0 Å². The molecule has 122 valence electrons. The lowest BCUT2D eigenvalue weighted by Crippen LogP contribution is -2.28. The van der Waals surface area contributed by atoms with Crippen molar-refractivity contribution >= 4 is 27.5 Å². The number of anilines is 1. The van der Waals surface area contributed by atoms with Gasteiger partial charge in [0, 0.05) is 24.8 Å². The SMILES string of the molecule is O=Nc1ccc(N(CCCS(=O)(=O)O)CCC(=O)O)cc1O. The summed E-state index contributed by atoms with van der Waals surface area (Å²) < 4.78 is 30.1. The Bertz CT molecular complexity index is 645. The molecule has 0 amide bonds. The zero-order chi connectivity index (χ0) is 16.8. The third-order valence-electron chi connectivity index (χ3n) is 2.85. The Morgan fingerprint density at radius 2 is 1.95 bits per heavy atom. The van der Waals surface area contributed by atoms with Crippen molar-refractivity contribution in [2.24, 2.45) is 5.18 Å². The minimum Gasteiger partial charge on any atom is -0.505 e. The van der Waals surface area contributed by atoms with E-state index in [0.29, 0.717) is 5.69 Å². The molecule has 0 saturated heterocycles. The van der Waals surface area contributed by atoms with Crippen LogP contribution in [-0.2, 0) is 14.9 Å². The molecule has 10 heteroatoms. The van der Waals surface area contributed by atoms with Crippen LogP contribution in [0, 0.1) is 4.91 Å². The Labute approximate surface area is 126 Å². The molecule has 0 aromatic heterocycles. The smallest absolute Gasteiger partial charge is 0.305 e. The topological polar surface area (TPSA) is 145 Å². The van der Waals surface area contributed by atoms with Crippen molar-refractivity contribution in [2.45, 2.75) is 12.8 Å². The molecule has 1 aromatic carbocycles. The highest BCUT2D eigenvalue weighted by Gasteiger charge is 2.13. The molecular formula is C12H16N2O7S. The van der Waals surface area contributed by atoms with Crippen LogP contribution < -0.4 is 4.90 Å². The van der Waals surface area contributed by atoms with Crippen LogP contribution in [-0.4, -0.2) is 48.0 Å². The number of rotatable bonds is 9. The summed E-state index contributed by atoms with van der Waals surface area (Å²) in [6.45, 7) is 0.231. The lowest BCUT2D eigenvalue weighted by Gasteiger charge is -2.24. The van der Waals surface area contributed by atoms with E-state index in [4.69, 9.17) is 9.66 Å². The van der Waals surface area contributed by atoms with Crippen molar-refractivity contribution in [1.29, 1.82) is 0 Å². The van der Waals surface area contributed by atoms with Crippen molar-refractivity contribution in [3.8, 4) is 5.75 Å². The van der Waals surface area contributed by atoms with Gasteiger partial charge in [0.1, 0.15) is 11.4 Å². The third-order valence-corrected chi connectivity index (χ3v) is 3.65. The van der Waals surface area contributed by atoms with Crippen LogP contribution in [0.4, 0.5) is 11.4 Å². The summed E-state index contributed by atoms with van der Waals surface area (Å²) in [6, 6.07) is 3.98. The van der Waals surface area contributed by atoms with Crippen molar-refractivity contribution in [3.63, 3.8) is 0 Å². The number of carbonyl (C=O) groups is 1. The minimum atomic E-state index is -4.10. The molecule has 0 atom stereocenters. The highest BCUT2D eigenvalue weighted by Crippen LogP contribution is 2.30. The second kappa shape index (κ2) is 7.71. The number of nitroso groups, excluding NO2 is 1. The van der Waals surface area contributed by atoms with Gasteiger partial charge in [-0.3, -0.25) is 9.35 Å². The molecular weight excluding hydrogens is 316 g/mol. The van der Waals surface area contributed by atoms with Crippen LogP contribution in [0.2, 0.25) is 0 Å². The molecule has 1 aromatic rings. The molecule has 0 aliphatic heterocycles. The van der Waals surface area contributed by atoms with E-state index in [1.165, 1.54) is 23.1 Å². The van der Waals surface area contributed by atoms with Crippen molar-refractivity contribution in [2.75, 3.05) is 23.7 Å². The predicted octanol–water partition coefficient (Wildman–Crippen LogP) is 1.35. The van der Waals surface area contributed by atoms with Gasteiger partial charge in [-0.2, -0.15) is 8.42 Å². The van der Waals surface area contributed by atoms with E-state index in [-0.39, 0.29) is 37.4 Å². The summed E-state index contributed by atoms with van der Waals surface area (Å²) in [5.41, 5.74) is 0.265. The second-order valence-corrected chi connectivity index (χ2v) is 6.11. The minimum absolute atomic E-state index is 0.0763. The molecule has 1 rings (SSSR count). The lowest BCUT2D eigenvalue weighted by molar-refractivity contribution is -0.136. The number of aromatic hydroxyl groups is 1. The van der Waals surface area contributed by atoms with E-state index in [1.807, 2.05) is 0 Å². The second-order valence-electron chi connectivity index (χ2n) is 4.53. The quantitative estimate of drug-likeness (QED) is 0.454. The summed E-state index contributed by atoms with van der Waals surface area (Å²) >= 11 is 0.